The van der Waals surface area contributed by atoms with Gasteiger partial charge in [-0.2, -0.15) is 0 Å². The van der Waals surface area contributed by atoms with Crippen LogP contribution in [-0.4, -0.2) is 9.97 Å². The molecule has 0 saturated heterocycles. The molecule has 2 rings (SSSR count). The molecule has 0 aliphatic rings. The Kier molecular flexibility index (Phi) is 0.846. The van der Waals surface area contributed by atoms with Gasteiger partial charge in [0.05, 0.1) is 11.9 Å². The van der Waals surface area contributed by atoms with Crippen LogP contribution >= 0.6 is 22.7 Å². The zero-order valence-corrected chi connectivity index (χ0v) is 6.34. The summed E-state index contributed by atoms with van der Waals surface area (Å²) < 4.78 is 7.18. The summed E-state index contributed by atoms with van der Waals surface area (Å²) in [4.78, 5) is 9.96. The van der Waals surface area contributed by atoms with Gasteiger partial charge >= 0.3 is 0 Å². The van der Waals surface area contributed by atoms with Gasteiger partial charge in [-0.3, -0.25) is 0 Å². The minimum absolute atomic E-state index is 0.355. The Hall–Kier alpha value is -0.480. The molecule has 2 aromatic heterocycles. The van der Waals surface area contributed by atoms with Gasteiger partial charge in [-0.1, -0.05) is 11.3 Å². The Morgan fingerprint density at radius 3 is 3.33 bits per heavy atom. The predicted octanol–water partition coefficient (Wildman–Crippen LogP) is 2.06. The number of hydrogen-bond donors (Lipinski definition) is 0. The van der Waals surface area contributed by atoms with Crippen molar-refractivity contribution < 1.29 is 1.37 Å². The third-order valence-electron chi connectivity index (χ3n) is 0.976. The molecule has 9 heavy (non-hydrogen) atoms. The van der Waals surface area contributed by atoms with Gasteiger partial charge in [0.1, 0.15) is 0 Å². The van der Waals surface area contributed by atoms with E-state index in [0.29, 0.717) is 5.49 Å². The highest BCUT2D eigenvalue weighted by Gasteiger charge is 1.99. The third kappa shape index (κ3) is 0.746. The lowest BCUT2D eigenvalue weighted by molar-refractivity contribution is 1.36. The molecule has 46 valence electrons. The van der Waals surface area contributed by atoms with Crippen LogP contribution in [-0.2, 0) is 0 Å². The van der Waals surface area contributed by atoms with Crippen molar-refractivity contribution in [1.29, 1.82) is 0 Å². The van der Waals surface area contributed by atoms with Crippen molar-refractivity contribution >= 4 is 32.3 Å². The van der Waals surface area contributed by atoms with Crippen LogP contribution in [0.4, 0.5) is 0 Å². The van der Waals surface area contributed by atoms with E-state index in [2.05, 4.69) is 9.97 Å². The first-order chi connectivity index (χ1) is 4.75. The molecule has 2 nitrogen and oxygen atoms in total. The van der Waals surface area contributed by atoms with Crippen molar-refractivity contribution in [2.24, 2.45) is 0 Å². The molecule has 2 heterocycles. The quantitative estimate of drug-likeness (QED) is 0.585. The third-order valence-corrected chi connectivity index (χ3v) is 2.63. The van der Waals surface area contributed by atoms with Crippen molar-refractivity contribution in [2.45, 2.75) is 6.92 Å². The summed E-state index contributed by atoms with van der Waals surface area (Å²) in [7, 11) is 0. The second kappa shape index (κ2) is 1.75. The van der Waals surface area contributed by atoms with Crippen LogP contribution in [0.25, 0.3) is 9.66 Å². The number of aryl methyl sites for hydroxylation is 1. The molecule has 4 heteroatoms. The lowest BCUT2D eigenvalue weighted by Crippen LogP contribution is -1.59. The van der Waals surface area contributed by atoms with Crippen molar-refractivity contribution in [2.75, 3.05) is 0 Å². The predicted molar refractivity (Wildman–Crippen MR) is 40.0 cm³/mol. The van der Waals surface area contributed by atoms with E-state index >= 15 is 0 Å². The van der Waals surface area contributed by atoms with E-state index in [-0.39, 0.29) is 0 Å². The molecule has 0 atom stereocenters. The van der Waals surface area contributed by atoms with Crippen LogP contribution in [0.2, 0.25) is 0 Å². The van der Waals surface area contributed by atoms with E-state index in [1.165, 1.54) is 11.3 Å². The smallest absolute Gasteiger partial charge is 0.154 e. The number of fused-ring (bicyclic) bond motifs is 1. The summed E-state index contributed by atoms with van der Waals surface area (Å²) in [5.74, 6) is 0. The van der Waals surface area contributed by atoms with Crippen LogP contribution in [0.5, 0.6) is 0 Å². The maximum Gasteiger partial charge on any atom is 0.154 e. The number of hydrogen-bond acceptors (Lipinski definition) is 4. The summed E-state index contributed by atoms with van der Waals surface area (Å²) in [6.45, 7) is 1.95. The van der Waals surface area contributed by atoms with Crippen LogP contribution in [0.15, 0.2) is 5.49 Å². The number of rotatable bonds is 0. The molecule has 0 fully saturated rings. The maximum absolute atomic E-state index is 7.18. The molecule has 0 aliphatic heterocycles. The average molecular weight is 157 g/mol. The molecule has 0 saturated carbocycles. The van der Waals surface area contributed by atoms with Crippen molar-refractivity contribution in [3.63, 3.8) is 0 Å². The largest absolute Gasteiger partial charge is 0.232 e. The van der Waals surface area contributed by atoms with Crippen LogP contribution < -0.4 is 0 Å². The minimum Gasteiger partial charge on any atom is -0.232 e. The molecule has 2 aromatic rings. The van der Waals surface area contributed by atoms with Crippen LogP contribution in [0.1, 0.15) is 6.38 Å². The van der Waals surface area contributed by atoms with E-state index in [4.69, 9.17) is 1.37 Å². The molecular weight excluding hydrogens is 152 g/mol. The van der Waals surface area contributed by atoms with Crippen molar-refractivity contribution in [3.8, 4) is 0 Å². The topological polar surface area (TPSA) is 25.8 Å². The number of nitrogens with zero attached hydrogens (tertiary/aromatic N) is 2. The fourth-order valence-electron chi connectivity index (χ4n) is 0.642. The number of aromatic nitrogens is 2. The summed E-state index contributed by atoms with van der Waals surface area (Å²) in [6, 6.07) is 0. The maximum atomic E-state index is 7.18. The Bertz CT molecular complexity index is 301. The first kappa shape index (κ1) is 4.35. The first-order valence-corrected chi connectivity index (χ1v) is 4.09. The molecule has 0 aromatic carbocycles. The molecule has 0 bridgehead atoms. The molecule has 0 spiro atoms. The average Bonchev–Trinajstić information content (AvgIpc) is 2.21. The molecule has 0 N–H and O–H groups in total. The Morgan fingerprint density at radius 2 is 2.56 bits per heavy atom. The van der Waals surface area contributed by atoms with E-state index in [1.807, 2.05) is 6.92 Å². The standard InChI is InChI=1S/C5H4N2S2/c1-3-7-5-4(9-3)6-2-8-5/h2H,1H3/i2D. The van der Waals surface area contributed by atoms with Gasteiger partial charge in [0.15, 0.2) is 9.66 Å². The fraction of sp³-hybridized carbons (Fsp3) is 0.200. The summed E-state index contributed by atoms with van der Waals surface area (Å²) >= 11 is 2.87. The second-order valence-electron chi connectivity index (χ2n) is 1.65. The highest BCUT2D eigenvalue weighted by atomic mass is 32.1. The van der Waals surface area contributed by atoms with E-state index in [0.717, 1.165) is 14.7 Å². The number of thiazole rings is 2. The minimum atomic E-state index is 0.355. The van der Waals surface area contributed by atoms with Gasteiger partial charge in [0.25, 0.3) is 0 Å². The molecule has 0 radical (unpaired) electrons. The van der Waals surface area contributed by atoms with Gasteiger partial charge in [-0.25, -0.2) is 9.97 Å². The fourth-order valence-corrected chi connectivity index (χ4v) is 2.19. The van der Waals surface area contributed by atoms with Gasteiger partial charge in [0.2, 0.25) is 0 Å². The molecule has 0 unspecified atom stereocenters. The first-order valence-electron chi connectivity index (χ1n) is 2.96. The monoisotopic (exact) mass is 157 g/mol. The van der Waals surface area contributed by atoms with Crippen LogP contribution in [0.3, 0.4) is 0 Å². The second-order valence-corrected chi connectivity index (χ2v) is 3.60. The summed E-state index contributed by atoms with van der Waals surface area (Å²) in [6.07, 6.45) is 0. The van der Waals surface area contributed by atoms with E-state index in [9.17, 15) is 0 Å². The van der Waals surface area contributed by atoms with Crippen molar-refractivity contribution in [3.05, 3.63) is 10.5 Å². The van der Waals surface area contributed by atoms with Gasteiger partial charge in [-0.15, -0.1) is 11.3 Å². The Morgan fingerprint density at radius 1 is 1.67 bits per heavy atom. The van der Waals surface area contributed by atoms with Crippen molar-refractivity contribution in [1.82, 2.24) is 9.97 Å². The molecule has 0 amide bonds. The van der Waals surface area contributed by atoms with E-state index in [1.54, 1.807) is 11.3 Å². The summed E-state index contributed by atoms with van der Waals surface area (Å²) in [5, 5.41) is 1.02. The SMILES string of the molecule is [2H]c1nc2sc(C)nc2s1. The van der Waals surface area contributed by atoms with E-state index < -0.39 is 0 Å². The normalized spacial score (nSPS) is 12.3. The summed E-state index contributed by atoms with van der Waals surface area (Å²) in [5.41, 5.74) is 0.355. The van der Waals surface area contributed by atoms with Crippen LogP contribution in [0, 0.1) is 6.92 Å². The zero-order valence-electron chi connectivity index (χ0n) is 5.71. The lowest BCUT2D eigenvalue weighted by Gasteiger charge is -1.68. The lowest BCUT2D eigenvalue weighted by atomic mass is 10.8. The highest BCUT2D eigenvalue weighted by molar-refractivity contribution is 7.25. The van der Waals surface area contributed by atoms with Gasteiger partial charge in [-0.05, 0) is 6.92 Å². The van der Waals surface area contributed by atoms with Gasteiger partial charge < -0.3 is 0 Å². The molecule has 0 aliphatic carbocycles. The zero-order chi connectivity index (χ0) is 7.14. The highest BCUT2D eigenvalue weighted by Crippen LogP contribution is 2.22. The molecular formula is C5H4N2S2. The Labute approximate surface area is 61.6 Å². The van der Waals surface area contributed by atoms with Gasteiger partial charge in [0, 0.05) is 0 Å². The Balaban J connectivity index is 2.83.